The van der Waals surface area contributed by atoms with Gasteiger partial charge in [-0.1, -0.05) is 5.16 Å². The molecule has 0 aliphatic carbocycles. The molecule has 106 valence electrons. The summed E-state index contributed by atoms with van der Waals surface area (Å²) in [5, 5.41) is 6.05. The maximum atomic E-state index is 11.9. The fraction of sp³-hybridized carbons (Fsp3) is 0.500. The minimum atomic E-state index is -0.435. The lowest BCUT2D eigenvalue weighted by Gasteiger charge is -2.18. The summed E-state index contributed by atoms with van der Waals surface area (Å²) in [6, 6.07) is 0.0446. The van der Waals surface area contributed by atoms with Crippen molar-refractivity contribution in [3.8, 4) is 0 Å². The van der Waals surface area contributed by atoms with Crippen LogP contribution in [-0.2, 0) is 4.74 Å². The molecule has 20 heavy (non-hydrogen) atoms. The van der Waals surface area contributed by atoms with E-state index in [0.717, 1.165) is 12.8 Å². The summed E-state index contributed by atoms with van der Waals surface area (Å²) in [5.74, 6) is 0.787. The van der Waals surface area contributed by atoms with Crippen LogP contribution in [0.3, 0.4) is 0 Å². The minimum absolute atomic E-state index is 0.0446. The third-order valence-electron chi connectivity index (χ3n) is 3.07. The lowest BCUT2D eigenvalue weighted by atomic mass is 10.0. The zero-order valence-corrected chi connectivity index (χ0v) is 11.0. The van der Waals surface area contributed by atoms with E-state index in [1.165, 1.54) is 6.26 Å². The van der Waals surface area contributed by atoms with E-state index in [1.54, 1.807) is 6.92 Å². The Labute approximate surface area is 114 Å². The van der Waals surface area contributed by atoms with E-state index < -0.39 is 5.91 Å². The van der Waals surface area contributed by atoms with Crippen LogP contribution in [-0.4, -0.2) is 34.2 Å². The number of hydrogen-bond donors (Lipinski definition) is 1. The number of aryl methyl sites for hydroxylation is 1. The first-order chi connectivity index (χ1) is 9.72. The summed E-state index contributed by atoms with van der Waals surface area (Å²) in [6.45, 7) is 3.05. The molecule has 0 spiro atoms. The molecule has 1 amide bonds. The van der Waals surface area contributed by atoms with Crippen LogP contribution in [0.15, 0.2) is 15.2 Å². The van der Waals surface area contributed by atoms with E-state index in [2.05, 4.69) is 20.4 Å². The van der Waals surface area contributed by atoms with Gasteiger partial charge in [0, 0.05) is 19.1 Å². The second-order valence-corrected chi connectivity index (χ2v) is 4.56. The smallest absolute Gasteiger partial charge is 0.328 e. The summed E-state index contributed by atoms with van der Waals surface area (Å²) in [6.07, 6.45) is 3.04. The van der Waals surface area contributed by atoms with E-state index in [4.69, 9.17) is 13.7 Å². The first-order valence-electron chi connectivity index (χ1n) is 6.37. The number of anilines is 1. The van der Waals surface area contributed by atoms with Crippen molar-refractivity contribution in [3.05, 3.63) is 23.7 Å². The van der Waals surface area contributed by atoms with Crippen molar-refractivity contribution in [2.75, 3.05) is 18.5 Å². The number of ether oxygens (including phenoxy) is 1. The van der Waals surface area contributed by atoms with Gasteiger partial charge in [0.25, 0.3) is 5.91 Å². The summed E-state index contributed by atoms with van der Waals surface area (Å²) in [5.41, 5.74) is 0.197. The molecule has 0 aromatic carbocycles. The highest BCUT2D eigenvalue weighted by Crippen LogP contribution is 2.26. The first kappa shape index (κ1) is 12.8. The standard InChI is InChI=1S/C12H14N4O4/c1-7-13-12(20-16-7)15-10(17)9-6-19-11(14-9)8-2-4-18-5-3-8/h6,8H,2-5H2,1H3,(H,13,15,16,17). The molecule has 3 rings (SSSR count). The van der Waals surface area contributed by atoms with Crippen molar-refractivity contribution >= 4 is 11.9 Å². The van der Waals surface area contributed by atoms with Crippen molar-refractivity contribution in [2.45, 2.75) is 25.7 Å². The number of nitrogens with one attached hydrogen (secondary N) is 1. The molecule has 0 bridgehead atoms. The number of rotatable bonds is 3. The van der Waals surface area contributed by atoms with Crippen LogP contribution in [0.4, 0.5) is 6.01 Å². The summed E-state index contributed by atoms with van der Waals surface area (Å²) >= 11 is 0. The third kappa shape index (κ3) is 2.69. The van der Waals surface area contributed by atoms with E-state index in [9.17, 15) is 4.79 Å². The Bertz CT molecular complexity index is 600. The molecule has 0 unspecified atom stereocenters. The molecule has 0 radical (unpaired) electrons. The zero-order valence-electron chi connectivity index (χ0n) is 11.0. The van der Waals surface area contributed by atoms with Crippen molar-refractivity contribution < 1.29 is 18.5 Å². The molecule has 1 N–H and O–H groups in total. The minimum Gasteiger partial charge on any atom is -0.448 e. The summed E-state index contributed by atoms with van der Waals surface area (Å²) in [4.78, 5) is 20.0. The Balaban J connectivity index is 1.67. The van der Waals surface area contributed by atoms with E-state index in [0.29, 0.717) is 24.9 Å². The molecule has 3 heterocycles. The number of amides is 1. The highest BCUT2D eigenvalue weighted by molar-refractivity contribution is 6.01. The van der Waals surface area contributed by atoms with Crippen LogP contribution < -0.4 is 5.32 Å². The maximum Gasteiger partial charge on any atom is 0.328 e. The monoisotopic (exact) mass is 278 g/mol. The van der Waals surface area contributed by atoms with Gasteiger partial charge in [-0.25, -0.2) is 4.98 Å². The molecule has 1 aliphatic rings. The highest BCUT2D eigenvalue weighted by atomic mass is 16.5. The van der Waals surface area contributed by atoms with Gasteiger partial charge in [0.1, 0.15) is 6.26 Å². The Hall–Kier alpha value is -2.22. The van der Waals surface area contributed by atoms with Crippen molar-refractivity contribution in [2.24, 2.45) is 0 Å². The lowest BCUT2D eigenvalue weighted by molar-refractivity contribution is 0.0794. The van der Waals surface area contributed by atoms with Gasteiger partial charge in [-0.15, -0.1) is 0 Å². The molecule has 1 saturated heterocycles. The van der Waals surface area contributed by atoms with E-state index in [1.807, 2.05) is 0 Å². The van der Waals surface area contributed by atoms with Crippen molar-refractivity contribution in [1.29, 1.82) is 0 Å². The van der Waals surface area contributed by atoms with Crippen LogP contribution in [0.5, 0.6) is 0 Å². The van der Waals surface area contributed by atoms with E-state index in [-0.39, 0.29) is 17.6 Å². The van der Waals surface area contributed by atoms with Crippen LogP contribution in [0.1, 0.15) is 41.0 Å². The normalized spacial score (nSPS) is 16.2. The second kappa shape index (κ2) is 5.41. The van der Waals surface area contributed by atoms with Gasteiger partial charge in [-0.2, -0.15) is 4.98 Å². The number of nitrogens with zero attached hydrogens (tertiary/aromatic N) is 3. The van der Waals surface area contributed by atoms with Gasteiger partial charge < -0.3 is 13.7 Å². The molecule has 0 atom stereocenters. The second-order valence-electron chi connectivity index (χ2n) is 4.56. The maximum absolute atomic E-state index is 11.9. The number of oxazole rings is 1. The van der Waals surface area contributed by atoms with Crippen molar-refractivity contribution in [1.82, 2.24) is 15.1 Å². The molecule has 1 aliphatic heterocycles. The van der Waals surface area contributed by atoms with E-state index >= 15 is 0 Å². The van der Waals surface area contributed by atoms with Crippen LogP contribution >= 0.6 is 0 Å². The first-order valence-corrected chi connectivity index (χ1v) is 6.37. The lowest BCUT2D eigenvalue weighted by Crippen LogP contribution is -2.15. The fourth-order valence-electron chi connectivity index (χ4n) is 2.03. The highest BCUT2D eigenvalue weighted by Gasteiger charge is 2.23. The average molecular weight is 278 g/mol. The Morgan fingerprint density at radius 2 is 2.15 bits per heavy atom. The Morgan fingerprint density at radius 3 is 2.85 bits per heavy atom. The largest absolute Gasteiger partial charge is 0.448 e. The van der Waals surface area contributed by atoms with Gasteiger partial charge in [0.2, 0.25) is 0 Å². The molecule has 0 saturated carbocycles. The van der Waals surface area contributed by atoms with Gasteiger partial charge >= 0.3 is 6.01 Å². The van der Waals surface area contributed by atoms with Crippen LogP contribution in [0.25, 0.3) is 0 Å². The molecule has 2 aromatic rings. The molecule has 8 heteroatoms. The van der Waals surface area contributed by atoms with Gasteiger partial charge in [0.15, 0.2) is 17.4 Å². The van der Waals surface area contributed by atoms with Gasteiger partial charge in [-0.05, 0) is 19.8 Å². The SMILES string of the molecule is Cc1noc(NC(=O)c2coc(C3CCOCC3)n2)n1. The molecular weight excluding hydrogens is 264 g/mol. The molecule has 2 aromatic heterocycles. The predicted octanol–water partition coefficient (Wildman–Crippen LogP) is 1.51. The third-order valence-corrected chi connectivity index (χ3v) is 3.07. The predicted molar refractivity (Wildman–Crippen MR) is 66.3 cm³/mol. The van der Waals surface area contributed by atoms with Gasteiger partial charge in [0.05, 0.1) is 0 Å². The zero-order chi connectivity index (χ0) is 13.9. The summed E-state index contributed by atoms with van der Waals surface area (Å²) in [7, 11) is 0. The van der Waals surface area contributed by atoms with Crippen LogP contribution in [0.2, 0.25) is 0 Å². The number of carbonyl (C=O) groups excluding carboxylic acids is 1. The number of aromatic nitrogens is 3. The molecule has 8 nitrogen and oxygen atoms in total. The number of carbonyl (C=O) groups is 1. The molecular formula is C12H14N4O4. The van der Waals surface area contributed by atoms with Crippen molar-refractivity contribution in [3.63, 3.8) is 0 Å². The summed E-state index contributed by atoms with van der Waals surface area (Å²) < 4.78 is 15.5. The van der Waals surface area contributed by atoms with Crippen LogP contribution in [0, 0.1) is 6.92 Å². The Morgan fingerprint density at radius 1 is 1.35 bits per heavy atom. The number of hydrogen-bond acceptors (Lipinski definition) is 7. The van der Waals surface area contributed by atoms with Gasteiger partial charge in [-0.3, -0.25) is 10.1 Å². The average Bonchev–Trinajstić information content (AvgIpc) is 3.09. The quantitative estimate of drug-likeness (QED) is 0.907. The topological polar surface area (TPSA) is 103 Å². The molecule has 1 fully saturated rings. The fourth-order valence-corrected chi connectivity index (χ4v) is 2.03. The Kier molecular flexibility index (Phi) is 3.46.